The fraction of sp³-hybridized carbons (Fsp3) is 1.00. The molecular formula is C11H24N2O. The summed E-state index contributed by atoms with van der Waals surface area (Å²) in [6.45, 7) is 10.3. The van der Waals surface area contributed by atoms with Gasteiger partial charge in [-0.25, -0.2) is 0 Å². The maximum atomic E-state index is 9.80. The van der Waals surface area contributed by atoms with E-state index in [-0.39, 0.29) is 6.10 Å². The first-order valence-corrected chi connectivity index (χ1v) is 5.65. The van der Waals surface area contributed by atoms with E-state index in [2.05, 4.69) is 25.7 Å². The van der Waals surface area contributed by atoms with E-state index in [1.807, 2.05) is 0 Å². The molecule has 0 saturated carbocycles. The van der Waals surface area contributed by atoms with Crippen LogP contribution < -0.4 is 5.73 Å². The third kappa shape index (κ3) is 2.94. The Morgan fingerprint density at radius 2 is 1.86 bits per heavy atom. The van der Waals surface area contributed by atoms with Crippen LogP contribution in [0, 0.1) is 17.8 Å². The second kappa shape index (κ2) is 5.10. The lowest BCUT2D eigenvalue weighted by molar-refractivity contribution is -0.0115. The highest BCUT2D eigenvalue weighted by molar-refractivity contribution is 4.82. The van der Waals surface area contributed by atoms with E-state index in [4.69, 9.17) is 5.73 Å². The molecule has 0 aromatic rings. The van der Waals surface area contributed by atoms with Gasteiger partial charge in [-0.2, -0.15) is 0 Å². The third-order valence-corrected chi connectivity index (χ3v) is 3.23. The number of aliphatic hydroxyl groups is 1. The average molecular weight is 200 g/mol. The highest BCUT2D eigenvalue weighted by atomic mass is 16.3. The molecule has 1 aliphatic heterocycles. The number of aliphatic hydroxyl groups excluding tert-OH is 1. The second-order valence-corrected chi connectivity index (χ2v) is 5.00. The van der Waals surface area contributed by atoms with Crippen LogP contribution in [0.1, 0.15) is 20.8 Å². The Kier molecular flexibility index (Phi) is 4.35. The van der Waals surface area contributed by atoms with Crippen molar-refractivity contribution in [3.05, 3.63) is 0 Å². The molecule has 3 heteroatoms. The van der Waals surface area contributed by atoms with Gasteiger partial charge in [-0.1, -0.05) is 20.8 Å². The Morgan fingerprint density at radius 1 is 1.36 bits per heavy atom. The standard InChI is InChI=1S/C11H24N2O/c1-8(4-12)5-13-6-9(2)11(14)10(3)7-13/h8-11,14H,4-7,12H2,1-3H3. The third-order valence-electron chi connectivity index (χ3n) is 3.23. The summed E-state index contributed by atoms with van der Waals surface area (Å²) in [7, 11) is 0. The summed E-state index contributed by atoms with van der Waals surface area (Å²) in [5.41, 5.74) is 5.61. The van der Waals surface area contributed by atoms with Crippen LogP contribution in [0.15, 0.2) is 0 Å². The number of rotatable bonds is 3. The van der Waals surface area contributed by atoms with Crippen LogP contribution in [0.3, 0.4) is 0 Å². The fourth-order valence-corrected chi connectivity index (χ4v) is 2.33. The fourth-order valence-electron chi connectivity index (χ4n) is 2.33. The van der Waals surface area contributed by atoms with Gasteiger partial charge < -0.3 is 15.7 Å². The van der Waals surface area contributed by atoms with Crippen molar-refractivity contribution in [1.82, 2.24) is 4.90 Å². The maximum Gasteiger partial charge on any atom is 0.0615 e. The molecule has 3 atom stereocenters. The number of piperidine rings is 1. The molecule has 1 heterocycles. The van der Waals surface area contributed by atoms with Crippen LogP contribution in [0.5, 0.6) is 0 Å². The van der Waals surface area contributed by atoms with Crippen molar-refractivity contribution >= 4 is 0 Å². The van der Waals surface area contributed by atoms with Crippen molar-refractivity contribution < 1.29 is 5.11 Å². The summed E-state index contributed by atoms with van der Waals surface area (Å²) in [4.78, 5) is 2.43. The number of hydrogen-bond donors (Lipinski definition) is 2. The Morgan fingerprint density at radius 3 is 2.29 bits per heavy atom. The number of likely N-dealkylation sites (tertiary alicyclic amines) is 1. The van der Waals surface area contributed by atoms with Crippen LogP contribution in [-0.2, 0) is 0 Å². The smallest absolute Gasteiger partial charge is 0.0615 e. The van der Waals surface area contributed by atoms with E-state index < -0.39 is 0 Å². The zero-order valence-corrected chi connectivity index (χ0v) is 9.61. The molecular weight excluding hydrogens is 176 g/mol. The number of hydrogen-bond acceptors (Lipinski definition) is 3. The molecule has 3 nitrogen and oxygen atoms in total. The van der Waals surface area contributed by atoms with Crippen LogP contribution in [-0.4, -0.2) is 42.3 Å². The van der Waals surface area contributed by atoms with Gasteiger partial charge in [0.1, 0.15) is 0 Å². The highest BCUT2D eigenvalue weighted by Gasteiger charge is 2.30. The molecule has 14 heavy (non-hydrogen) atoms. The lowest BCUT2D eigenvalue weighted by atomic mass is 9.88. The van der Waals surface area contributed by atoms with Crippen molar-refractivity contribution in [3.63, 3.8) is 0 Å². The van der Waals surface area contributed by atoms with Gasteiger partial charge in [0.2, 0.25) is 0 Å². The van der Waals surface area contributed by atoms with Crippen LogP contribution in [0.4, 0.5) is 0 Å². The van der Waals surface area contributed by atoms with E-state index in [9.17, 15) is 5.11 Å². The summed E-state index contributed by atoms with van der Waals surface area (Å²) in [6.07, 6.45) is -0.126. The van der Waals surface area contributed by atoms with Gasteiger partial charge in [0.15, 0.2) is 0 Å². The number of nitrogens with two attached hydrogens (primary N) is 1. The Bertz CT molecular complexity index is 160. The molecule has 0 bridgehead atoms. The molecule has 1 saturated heterocycles. The van der Waals surface area contributed by atoms with Crippen molar-refractivity contribution in [1.29, 1.82) is 0 Å². The molecule has 1 rings (SSSR count). The highest BCUT2D eigenvalue weighted by Crippen LogP contribution is 2.22. The van der Waals surface area contributed by atoms with Crippen molar-refractivity contribution in [2.45, 2.75) is 26.9 Å². The van der Waals surface area contributed by atoms with E-state index in [0.29, 0.717) is 17.8 Å². The predicted octanol–water partition coefficient (Wildman–Crippen LogP) is 0.530. The van der Waals surface area contributed by atoms with E-state index >= 15 is 0 Å². The molecule has 0 spiro atoms. The lowest BCUT2D eigenvalue weighted by Gasteiger charge is -2.39. The Balaban J connectivity index is 2.41. The van der Waals surface area contributed by atoms with Gasteiger partial charge >= 0.3 is 0 Å². The molecule has 3 unspecified atom stereocenters. The van der Waals surface area contributed by atoms with Crippen molar-refractivity contribution in [2.24, 2.45) is 23.5 Å². The van der Waals surface area contributed by atoms with Crippen LogP contribution in [0.25, 0.3) is 0 Å². The minimum atomic E-state index is -0.126. The minimum Gasteiger partial charge on any atom is -0.392 e. The SMILES string of the molecule is CC(CN)CN1CC(C)C(O)C(C)C1. The lowest BCUT2D eigenvalue weighted by Crippen LogP contribution is -2.49. The summed E-state index contributed by atoms with van der Waals surface area (Å²) >= 11 is 0. The van der Waals surface area contributed by atoms with Gasteiger partial charge in [-0.15, -0.1) is 0 Å². The van der Waals surface area contributed by atoms with Crippen molar-refractivity contribution in [2.75, 3.05) is 26.2 Å². The van der Waals surface area contributed by atoms with E-state index in [0.717, 1.165) is 26.2 Å². The molecule has 1 fully saturated rings. The summed E-state index contributed by atoms with van der Waals surface area (Å²) in [5.74, 6) is 1.34. The monoisotopic (exact) mass is 200 g/mol. The minimum absolute atomic E-state index is 0.126. The first-order chi connectivity index (χ1) is 6.54. The van der Waals surface area contributed by atoms with E-state index in [1.54, 1.807) is 0 Å². The molecule has 0 amide bonds. The van der Waals surface area contributed by atoms with Gasteiger partial charge in [0.05, 0.1) is 6.10 Å². The van der Waals surface area contributed by atoms with Crippen molar-refractivity contribution in [3.8, 4) is 0 Å². The molecule has 0 aromatic heterocycles. The molecule has 0 radical (unpaired) electrons. The maximum absolute atomic E-state index is 9.80. The molecule has 0 aromatic carbocycles. The average Bonchev–Trinajstić information content (AvgIpc) is 2.14. The van der Waals surface area contributed by atoms with Crippen LogP contribution in [0.2, 0.25) is 0 Å². The van der Waals surface area contributed by atoms with Gasteiger partial charge in [0, 0.05) is 19.6 Å². The summed E-state index contributed by atoms with van der Waals surface area (Å²) < 4.78 is 0. The molecule has 1 aliphatic rings. The Hall–Kier alpha value is -0.120. The first-order valence-electron chi connectivity index (χ1n) is 5.65. The Labute approximate surface area is 87.3 Å². The second-order valence-electron chi connectivity index (χ2n) is 5.00. The van der Waals surface area contributed by atoms with Gasteiger partial charge in [-0.3, -0.25) is 0 Å². The first kappa shape index (κ1) is 12.0. The van der Waals surface area contributed by atoms with E-state index in [1.165, 1.54) is 0 Å². The molecule has 3 N–H and O–H groups in total. The topological polar surface area (TPSA) is 49.5 Å². The largest absolute Gasteiger partial charge is 0.392 e. The summed E-state index contributed by atoms with van der Waals surface area (Å²) in [5, 5.41) is 9.80. The molecule has 0 aliphatic carbocycles. The quantitative estimate of drug-likeness (QED) is 0.698. The van der Waals surface area contributed by atoms with Gasteiger partial charge in [0.25, 0.3) is 0 Å². The number of nitrogens with zero attached hydrogens (tertiary/aromatic N) is 1. The van der Waals surface area contributed by atoms with Gasteiger partial charge in [-0.05, 0) is 24.3 Å². The summed E-state index contributed by atoms with van der Waals surface area (Å²) in [6, 6.07) is 0. The predicted molar refractivity (Wildman–Crippen MR) is 59.0 cm³/mol. The normalized spacial score (nSPS) is 37.1. The zero-order chi connectivity index (χ0) is 10.7. The van der Waals surface area contributed by atoms with Crippen LogP contribution >= 0.6 is 0 Å². The zero-order valence-electron chi connectivity index (χ0n) is 9.61. The molecule has 84 valence electrons.